The molecule has 136 valence electrons. The van der Waals surface area contributed by atoms with E-state index in [2.05, 4.69) is 22.5 Å². The van der Waals surface area contributed by atoms with Gasteiger partial charge in [-0.15, -0.1) is 24.8 Å². The molecule has 3 rings (SSSR count). The molecule has 0 radical (unpaired) electrons. The van der Waals surface area contributed by atoms with Crippen LogP contribution in [0.3, 0.4) is 0 Å². The minimum atomic E-state index is 0. The van der Waals surface area contributed by atoms with E-state index < -0.39 is 0 Å². The van der Waals surface area contributed by atoms with Crippen molar-refractivity contribution in [2.24, 2.45) is 11.8 Å². The number of carbonyl (C=O) groups excluding carboxylic acids is 1. The highest BCUT2D eigenvalue weighted by atomic mass is 35.5. The molecular weight excluding hydrogens is 333 g/mol. The number of halogens is 2. The van der Waals surface area contributed by atoms with Crippen LogP contribution in [0.4, 0.5) is 0 Å². The van der Waals surface area contributed by atoms with Gasteiger partial charge in [-0.2, -0.15) is 0 Å². The molecule has 0 aliphatic carbocycles. The second kappa shape index (κ2) is 10.1. The summed E-state index contributed by atoms with van der Waals surface area (Å²) in [6.45, 7) is 6.90. The number of carbonyl (C=O) groups is 1. The van der Waals surface area contributed by atoms with E-state index in [1.807, 2.05) is 0 Å². The van der Waals surface area contributed by atoms with Gasteiger partial charge in [-0.1, -0.05) is 13.3 Å². The molecule has 0 aromatic rings. The lowest BCUT2D eigenvalue weighted by Gasteiger charge is -2.33. The van der Waals surface area contributed by atoms with Gasteiger partial charge in [0.2, 0.25) is 5.91 Å². The van der Waals surface area contributed by atoms with Gasteiger partial charge in [0.15, 0.2) is 0 Å². The summed E-state index contributed by atoms with van der Waals surface area (Å²) in [4.78, 5) is 15.0. The molecule has 0 aromatic heterocycles. The highest BCUT2D eigenvalue weighted by molar-refractivity contribution is 5.85. The number of amides is 1. The standard InChI is InChI=1S/C17H31N3O.2ClH/c1-13(14-5-4-8-18-12-14)11-17(21)19-15-7-10-20-9-3-2-6-16(15)20;;/h13-16,18H,2-12H2,1H3,(H,19,21);2*1H. The minimum absolute atomic E-state index is 0. The Morgan fingerprint density at radius 2 is 2.00 bits per heavy atom. The van der Waals surface area contributed by atoms with E-state index in [9.17, 15) is 4.79 Å². The predicted octanol–water partition coefficient (Wildman–Crippen LogP) is 2.60. The Hall–Kier alpha value is -0.0300. The molecule has 3 heterocycles. The van der Waals surface area contributed by atoms with Crippen molar-refractivity contribution >= 4 is 30.7 Å². The molecule has 4 nitrogen and oxygen atoms in total. The first-order valence-electron chi connectivity index (χ1n) is 8.98. The second-order valence-electron chi connectivity index (χ2n) is 7.35. The van der Waals surface area contributed by atoms with Crippen LogP contribution >= 0.6 is 24.8 Å². The first kappa shape index (κ1) is 21.0. The van der Waals surface area contributed by atoms with Crippen LogP contribution in [0, 0.1) is 11.8 Å². The number of piperidine rings is 2. The molecule has 3 fully saturated rings. The van der Waals surface area contributed by atoms with Crippen LogP contribution < -0.4 is 10.6 Å². The summed E-state index contributed by atoms with van der Waals surface area (Å²) >= 11 is 0. The molecule has 4 atom stereocenters. The number of hydrogen-bond donors (Lipinski definition) is 2. The van der Waals surface area contributed by atoms with Gasteiger partial charge in [-0.05, 0) is 63.6 Å². The van der Waals surface area contributed by atoms with Crippen molar-refractivity contribution in [1.82, 2.24) is 15.5 Å². The zero-order chi connectivity index (χ0) is 14.7. The molecule has 1 amide bonds. The van der Waals surface area contributed by atoms with Crippen LogP contribution in [0.15, 0.2) is 0 Å². The Labute approximate surface area is 153 Å². The maximum Gasteiger partial charge on any atom is 0.220 e. The van der Waals surface area contributed by atoms with Crippen molar-refractivity contribution in [3.63, 3.8) is 0 Å². The molecule has 0 bridgehead atoms. The zero-order valence-electron chi connectivity index (χ0n) is 14.3. The van der Waals surface area contributed by atoms with Gasteiger partial charge in [-0.25, -0.2) is 0 Å². The lowest BCUT2D eigenvalue weighted by Crippen LogP contribution is -2.47. The monoisotopic (exact) mass is 365 g/mol. The molecular formula is C17H33Cl2N3O. The van der Waals surface area contributed by atoms with Crippen molar-refractivity contribution in [3.8, 4) is 0 Å². The summed E-state index contributed by atoms with van der Waals surface area (Å²) < 4.78 is 0. The zero-order valence-corrected chi connectivity index (χ0v) is 15.9. The molecule has 3 saturated heterocycles. The van der Waals surface area contributed by atoms with Gasteiger partial charge in [0.1, 0.15) is 0 Å². The normalized spacial score (nSPS) is 32.1. The van der Waals surface area contributed by atoms with E-state index in [4.69, 9.17) is 0 Å². The van der Waals surface area contributed by atoms with Crippen LogP contribution in [0.1, 0.15) is 51.9 Å². The third kappa shape index (κ3) is 5.48. The number of hydrogen-bond acceptors (Lipinski definition) is 3. The molecule has 3 aliphatic heterocycles. The first-order chi connectivity index (χ1) is 10.2. The fraction of sp³-hybridized carbons (Fsp3) is 0.941. The van der Waals surface area contributed by atoms with Crippen molar-refractivity contribution in [2.75, 3.05) is 26.2 Å². The van der Waals surface area contributed by atoms with Crippen molar-refractivity contribution in [1.29, 1.82) is 0 Å². The lowest BCUT2D eigenvalue weighted by atomic mass is 9.85. The summed E-state index contributed by atoms with van der Waals surface area (Å²) in [5.74, 6) is 1.46. The second-order valence-corrected chi connectivity index (χ2v) is 7.35. The van der Waals surface area contributed by atoms with E-state index in [0.29, 0.717) is 30.3 Å². The molecule has 2 N–H and O–H groups in total. The third-order valence-electron chi connectivity index (χ3n) is 5.85. The van der Waals surface area contributed by atoms with Gasteiger partial charge >= 0.3 is 0 Å². The van der Waals surface area contributed by atoms with Gasteiger partial charge in [0.25, 0.3) is 0 Å². The summed E-state index contributed by atoms with van der Waals surface area (Å²) in [6.07, 6.45) is 8.33. The summed E-state index contributed by atoms with van der Waals surface area (Å²) in [5, 5.41) is 6.81. The van der Waals surface area contributed by atoms with Crippen LogP contribution in [0.2, 0.25) is 0 Å². The maximum absolute atomic E-state index is 12.4. The van der Waals surface area contributed by atoms with E-state index in [0.717, 1.165) is 19.5 Å². The Bertz CT molecular complexity index is 364. The van der Waals surface area contributed by atoms with Crippen LogP contribution in [0.25, 0.3) is 0 Å². The minimum Gasteiger partial charge on any atom is -0.352 e. The van der Waals surface area contributed by atoms with Crippen molar-refractivity contribution in [2.45, 2.75) is 64.0 Å². The van der Waals surface area contributed by atoms with Gasteiger partial charge < -0.3 is 10.6 Å². The van der Waals surface area contributed by atoms with Crippen LogP contribution in [0.5, 0.6) is 0 Å². The van der Waals surface area contributed by atoms with Gasteiger partial charge in [0, 0.05) is 25.0 Å². The highest BCUT2D eigenvalue weighted by Crippen LogP contribution is 2.28. The smallest absolute Gasteiger partial charge is 0.220 e. The molecule has 3 aliphatic rings. The Morgan fingerprint density at radius 1 is 1.17 bits per heavy atom. The van der Waals surface area contributed by atoms with Crippen LogP contribution in [-0.4, -0.2) is 49.1 Å². The summed E-state index contributed by atoms with van der Waals surface area (Å²) in [5.41, 5.74) is 0. The topological polar surface area (TPSA) is 44.4 Å². The average molecular weight is 366 g/mol. The Balaban J connectivity index is 0.00000132. The first-order valence-corrected chi connectivity index (χ1v) is 8.98. The van der Waals surface area contributed by atoms with Crippen molar-refractivity contribution < 1.29 is 4.79 Å². The van der Waals surface area contributed by atoms with E-state index in [1.165, 1.54) is 45.2 Å². The van der Waals surface area contributed by atoms with Crippen LogP contribution in [-0.2, 0) is 4.79 Å². The molecule has 0 aromatic carbocycles. The van der Waals surface area contributed by atoms with Crippen molar-refractivity contribution in [3.05, 3.63) is 0 Å². The summed E-state index contributed by atoms with van der Waals surface area (Å²) in [6, 6.07) is 1.03. The molecule has 0 spiro atoms. The lowest BCUT2D eigenvalue weighted by molar-refractivity contribution is -0.123. The number of nitrogens with one attached hydrogen (secondary N) is 2. The fourth-order valence-electron chi connectivity index (χ4n) is 4.50. The van der Waals surface area contributed by atoms with E-state index >= 15 is 0 Å². The predicted molar refractivity (Wildman–Crippen MR) is 99.6 cm³/mol. The SMILES string of the molecule is CC(CC(=O)NC1CCN2CCCCC12)C1CCCNC1.Cl.Cl. The Kier molecular flexibility index (Phi) is 9.20. The third-order valence-corrected chi connectivity index (χ3v) is 5.85. The number of fused-ring (bicyclic) bond motifs is 1. The number of rotatable bonds is 4. The summed E-state index contributed by atoms with van der Waals surface area (Å²) in [7, 11) is 0. The average Bonchev–Trinajstić information content (AvgIpc) is 2.91. The fourth-order valence-corrected chi connectivity index (χ4v) is 4.50. The molecule has 0 saturated carbocycles. The van der Waals surface area contributed by atoms with E-state index in [-0.39, 0.29) is 30.7 Å². The van der Waals surface area contributed by atoms with E-state index in [1.54, 1.807) is 0 Å². The number of nitrogens with zero attached hydrogens (tertiary/aromatic N) is 1. The quantitative estimate of drug-likeness (QED) is 0.804. The molecule has 6 heteroatoms. The molecule has 23 heavy (non-hydrogen) atoms. The Morgan fingerprint density at radius 3 is 2.74 bits per heavy atom. The highest BCUT2D eigenvalue weighted by Gasteiger charge is 2.36. The van der Waals surface area contributed by atoms with Gasteiger partial charge in [-0.3, -0.25) is 9.69 Å². The maximum atomic E-state index is 12.4. The largest absolute Gasteiger partial charge is 0.352 e. The molecule has 4 unspecified atom stereocenters. The van der Waals surface area contributed by atoms with Gasteiger partial charge in [0.05, 0.1) is 0 Å².